The molecule has 184 valence electrons. The highest BCUT2D eigenvalue weighted by Gasteiger charge is 2.22. The molecule has 1 atom stereocenters. The molecular weight excluding hydrogens is 468 g/mol. The molecule has 35 heavy (non-hydrogen) atoms. The molecule has 1 saturated heterocycles. The molecule has 10 nitrogen and oxygen atoms in total. The first-order chi connectivity index (χ1) is 16.9. The molecule has 0 saturated carbocycles. The molecule has 0 radical (unpaired) electrons. The molecule has 0 bridgehead atoms. The van der Waals surface area contributed by atoms with Crippen molar-refractivity contribution in [1.29, 1.82) is 0 Å². The summed E-state index contributed by atoms with van der Waals surface area (Å²) < 4.78 is 27.7. The predicted octanol–water partition coefficient (Wildman–Crippen LogP) is 1.67. The number of nitrogens with one attached hydrogen (secondary N) is 2. The highest BCUT2D eigenvalue weighted by Crippen LogP contribution is 2.19. The highest BCUT2D eigenvalue weighted by molar-refractivity contribution is 7.89. The lowest BCUT2D eigenvalue weighted by atomic mass is 10.1. The fourth-order valence-corrected chi connectivity index (χ4v) is 5.06. The van der Waals surface area contributed by atoms with Crippen molar-refractivity contribution >= 4 is 27.6 Å². The second-order valence-electron chi connectivity index (χ2n) is 8.16. The Labute approximate surface area is 204 Å². The molecule has 2 aromatic carbocycles. The van der Waals surface area contributed by atoms with Crippen LogP contribution in [0.3, 0.4) is 0 Å². The maximum absolute atomic E-state index is 12.6. The van der Waals surface area contributed by atoms with Crippen LogP contribution in [0.25, 0.3) is 0 Å². The van der Waals surface area contributed by atoms with E-state index < -0.39 is 22.2 Å². The zero-order chi connectivity index (χ0) is 24.7. The SMILES string of the molecule is O=C(O)CC(NCc1ccc(N2CCN(c3ncccn3)CC2)cc1)NS(=O)(=O)c1ccccc1. The van der Waals surface area contributed by atoms with Gasteiger partial charge in [0.1, 0.15) is 0 Å². The van der Waals surface area contributed by atoms with Gasteiger partial charge in [-0.15, -0.1) is 0 Å². The van der Waals surface area contributed by atoms with Crippen molar-refractivity contribution in [2.24, 2.45) is 0 Å². The van der Waals surface area contributed by atoms with Gasteiger partial charge in [-0.25, -0.2) is 18.4 Å². The largest absolute Gasteiger partial charge is 0.481 e. The van der Waals surface area contributed by atoms with E-state index in [9.17, 15) is 18.3 Å². The van der Waals surface area contributed by atoms with Crippen LogP contribution in [0.4, 0.5) is 11.6 Å². The van der Waals surface area contributed by atoms with E-state index in [1.54, 1.807) is 36.7 Å². The van der Waals surface area contributed by atoms with Gasteiger partial charge < -0.3 is 14.9 Å². The number of hydrogen-bond acceptors (Lipinski definition) is 8. The Bertz CT molecular complexity index is 1200. The fourth-order valence-electron chi connectivity index (χ4n) is 3.87. The van der Waals surface area contributed by atoms with Gasteiger partial charge in [-0.3, -0.25) is 10.1 Å². The molecule has 1 unspecified atom stereocenters. The Kier molecular flexibility index (Phi) is 7.91. The number of carboxylic acids is 1. The van der Waals surface area contributed by atoms with E-state index in [0.29, 0.717) is 6.54 Å². The van der Waals surface area contributed by atoms with Crippen molar-refractivity contribution in [1.82, 2.24) is 20.0 Å². The number of aliphatic carboxylic acids is 1. The van der Waals surface area contributed by atoms with Gasteiger partial charge in [-0.05, 0) is 35.9 Å². The Balaban J connectivity index is 1.33. The molecule has 1 aromatic heterocycles. The van der Waals surface area contributed by atoms with Gasteiger partial charge in [0, 0.05) is 50.8 Å². The molecule has 3 aromatic rings. The molecular formula is C24H28N6O4S. The number of sulfonamides is 1. The summed E-state index contributed by atoms with van der Waals surface area (Å²) in [6.07, 6.45) is 2.15. The lowest BCUT2D eigenvalue weighted by Crippen LogP contribution is -2.47. The average molecular weight is 497 g/mol. The van der Waals surface area contributed by atoms with Crippen LogP contribution in [0.5, 0.6) is 0 Å². The molecule has 0 spiro atoms. The Morgan fingerprint density at radius 1 is 0.914 bits per heavy atom. The molecule has 1 fully saturated rings. The molecule has 1 aliphatic rings. The van der Waals surface area contributed by atoms with Gasteiger partial charge in [0.15, 0.2) is 0 Å². The molecule has 2 heterocycles. The zero-order valence-corrected chi connectivity index (χ0v) is 19.9. The third-order valence-corrected chi connectivity index (χ3v) is 7.19. The predicted molar refractivity (Wildman–Crippen MR) is 133 cm³/mol. The van der Waals surface area contributed by atoms with E-state index in [4.69, 9.17) is 0 Å². The number of hydrogen-bond donors (Lipinski definition) is 3. The van der Waals surface area contributed by atoms with Gasteiger partial charge in [-0.1, -0.05) is 30.3 Å². The summed E-state index contributed by atoms with van der Waals surface area (Å²) in [6.45, 7) is 3.65. The van der Waals surface area contributed by atoms with Crippen LogP contribution in [0, 0.1) is 0 Å². The van der Waals surface area contributed by atoms with Gasteiger partial charge in [-0.2, -0.15) is 4.72 Å². The minimum absolute atomic E-state index is 0.0838. The number of carboxylic acid groups (broad SMARTS) is 1. The number of anilines is 2. The topological polar surface area (TPSA) is 128 Å². The summed E-state index contributed by atoms with van der Waals surface area (Å²) in [5.74, 6) is -0.360. The van der Waals surface area contributed by atoms with Crippen LogP contribution in [-0.4, -0.2) is 61.8 Å². The summed E-state index contributed by atoms with van der Waals surface area (Å²) in [5.41, 5.74) is 2.01. The number of benzene rings is 2. The molecule has 4 rings (SSSR count). The molecule has 0 aliphatic carbocycles. The molecule has 1 aliphatic heterocycles. The van der Waals surface area contributed by atoms with Crippen molar-refractivity contribution in [3.05, 3.63) is 78.6 Å². The summed E-state index contributed by atoms with van der Waals surface area (Å²) >= 11 is 0. The maximum atomic E-state index is 12.6. The third kappa shape index (κ3) is 6.75. The van der Waals surface area contributed by atoms with E-state index in [1.165, 1.54) is 12.1 Å². The minimum atomic E-state index is -3.85. The molecule has 3 N–H and O–H groups in total. The van der Waals surface area contributed by atoms with Crippen LogP contribution in [0.15, 0.2) is 78.0 Å². The van der Waals surface area contributed by atoms with Crippen LogP contribution >= 0.6 is 0 Å². The standard InChI is InChI=1S/C24H28N6O4S/c31-23(32)17-22(28-35(33,34)21-5-2-1-3-6-21)27-18-19-7-9-20(10-8-19)29-13-15-30(16-14-29)24-25-11-4-12-26-24/h1-12,22,27-28H,13-18H2,(H,31,32). The molecule has 11 heteroatoms. The van der Waals surface area contributed by atoms with Crippen LogP contribution in [-0.2, 0) is 21.4 Å². The summed E-state index contributed by atoms with van der Waals surface area (Å²) in [5, 5.41) is 12.2. The quantitative estimate of drug-likeness (QED) is 0.359. The number of piperazine rings is 1. The summed E-state index contributed by atoms with van der Waals surface area (Å²) in [6, 6.07) is 17.6. The summed E-state index contributed by atoms with van der Waals surface area (Å²) in [7, 11) is -3.85. The van der Waals surface area contributed by atoms with Crippen molar-refractivity contribution < 1.29 is 18.3 Å². The van der Waals surface area contributed by atoms with Crippen molar-refractivity contribution in [2.75, 3.05) is 36.0 Å². The zero-order valence-electron chi connectivity index (χ0n) is 19.1. The van der Waals surface area contributed by atoms with Gasteiger partial charge in [0.05, 0.1) is 17.5 Å². The van der Waals surface area contributed by atoms with Crippen molar-refractivity contribution in [3.63, 3.8) is 0 Å². The maximum Gasteiger partial charge on any atom is 0.306 e. The van der Waals surface area contributed by atoms with Crippen molar-refractivity contribution in [3.8, 4) is 0 Å². The smallest absolute Gasteiger partial charge is 0.306 e. The Morgan fingerprint density at radius 2 is 1.54 bits per heavy atom. The monoisotopic (exact) mass is 496 g/mol. The number of nitrogens with zero attached hydrogens (tertiary/aromatic N) is 4. The van der Waals surface area contributed by atoms with E-state index in [2.05, 4.69) is 29.8 Å². The van der Waals surface area contributed by atoms with Crippen LogP contribution in [0.2, 0.25) is 0 Å². The lowest BCUT2D eigenvalue weighted by molar-refractivity contribution is -0.137. The first kappa shape index (κ1) is 24.6. The Hall–Kier alpha value is -3.54. The van der Waals surface area contributed by atoms with E-state index in [0.717, 1.165) is 43.4 Å². The van der Waals surface area contributed by atoms with Crippen LogP contribution in [0.1, 0.15) is 12.0 Å². The van der Waals surface area contributed by atoms with E-state index >= 15 is 0 Å². The normalized spacial score (nSPS) is 15.1. The van der Waals surface area contributed by atoms with Gasteiger partial charge >= 0.3 is 5.97 Å². The lowest BCUT2D eigenvalue weighted by Gasteiger charge is -2.36. The Morgan fingerprint density at radius 3 is 2.17 bits per heavy atom. The highest BCUT2D eigenvalue weighted by atomic mass is 32.2. The molecule has 0 amide bonds. The van der Waals surface area contributed by atoms with Gasteiger partial charge in [0.25, 0.3) is 0 Å². The number of carbonyl (C=O) groups is 1. The minimum Gasteiger partial charge on any atom is -0.481 e. The van der Waals surface area contributed by atoms with E-state index in [1.807, 2.05) is 24.3 Å². The second-order valence-corrected chi connectivity index (χ2v) is 9.87. The second kappa shape index (κ2) is 11.3. The third-order valence-electron chi connectivity index (χ3n) is 5.70. The average Bonchev–Trinajstić information content (AvgIpc) is 2.88. The first-order valence-corrected chi connectivity index (χ1v) is 12.8. The first-order valence-electron chi connectivity index (χ1n) is 11.3. The van der Waals surface area contributed by atoms with Gasteiger partial charge in [0.2, 0.25) is 16.0 Å². The van der Waals surface area contributed by atoms with E-state index in [-0.39, 0.29) is 11.3 Å². The fraction of sp³-hybridized carbons (Fsp3) is 0.292. The number of aromatic nitrogens is 2. The van der Waals surface area contributed by atoms with Crippen molar-refractivity contribution in [2.45, 2.75) is 24.0 Å². The summed E-state index contributed by atoms with van der Waals surface area (Å²) in [4.78, 5) is 24.4. The number of rotatable bonds is 10. The van der Waals surface area contributed by atoms with Crippen LogP contribution < -0.4 is 19.8 Å².